The van der Waals surface area contributed by atoms with Gasteiger partial charge < -0.3 is 5.32 Å². The molecule has 1 fully saturated rings. The van der Waals surface area contributed by atoms with Gasteiger partial charge in [0.05, 0.1) is 18.2 Å². The normalized spacial score (nSPS) is 23.1. The maximum atomic E-state index is 12.3. The zero-order valence-electron chi connectivity index (χ0n) is 13.0. The smallest absolute Gasteiger partial charge is 0.224 e. The third-order valence-electron chi connectivity index (χ3n) is 4.12. The van der Waals surface area contributed by atoms with Gasteiger partial charge in [0.25, 0.3) is 0 Å². The molecule has 2 unspecified atom stereocenters. The lowest BCUT2D eigenvalue weighted by Crippen LogP contribution is -2.26. The van der Waals surface area contributed by atoms with Crippen LogP contribution in [-0.2, 0) is 11.3 Å². The summed E-state index contributed by atoms with van der Waals surface area (Å²) in [4.78, 5) is 16.6. The highest BCUT2D eigenvalue weighted by molar-refractivity contribution is 5.83. The lowest BCUT2D eigenvalue weighted by molar-refractivity contribution is -0.123. The highest BCUT2D eigenvalue weighted by atomic mass is 16.2. The molecule has 108 valence electrons. The second-order valence-electron chi connectivity index (χ2n) is 6.61. The van der Waals surface area contributed by atoms with E-state index in [1.807, 2.05) is 19.1 Å². The Morgan fingerprint density at radius 2 is 2.15 bits per heavy atom. The van der Waals surface area contributed by atoms with E-state index in [1.165, 1.54) is 11.1 Å². The van der Waals surface area contributed by atoms with Gasteiger partial charge in [-0.05, 0) is 49.8 Å². The molecule has 1 aliphatic rings. The summed E-state index contributed by atoms with van der Waals surface area (Å²) in [6.07, 6.45) is 4.00. The van der Waals surface area contributed by atoms with Crippen LogP contribution in [0.3, 0.4) is 0 Å². The highest BCUT2D eigenvalue weighted by Gasteiger charge is 2.60. The molecule has 1 aliphatic carbocycles. The van der Waals surface area contributed by atoms with E-state index in [2.05, 4.69) is 44.1 Å². The van der Waals surface area contributed by atoms with Crippen molar-refractivity contribution in [1.29, 1.82) is 0 Å². The average Bonchev–Trinajstić information content (AvgIpc) is 2.87. The molecule has 0 spiro atoms. The van der Waals surface area contributed by atoms with E-state index in [-0.39, 0.29) is 17.2 Å². The number of rotatable bonds is 4. The number of hydrogen-bond donors (Lipinski definition) is 1. The number of pyridine rings is 1. The molecule has 1 N–H and O–H groups in total. The Morgan fingerprint density at radius 3 is 2.75 bits per heavy atom. The lowest BCUT2D eigenvalue weighted by Gasteiger charge is -2.06. The SMILES string of the molecule is CC(C)=CC1C(C(=O)NCc2cc(C)ccn2)C1(C)C. The summed E-state index contributed by atoms with van der Waals surface area (Å²) in [5.74, 6) is 0.584. The fourth-order valence-electron chi connectivity index (χ4n) is 2.83. The van der Waals surface area contributed by atoms with Crippen LogP contribution in [0.5, 0.6) is 0 Å². The first-order valence-electron chi connectivity index (χ1n) is 7.16. The maximum Gasteiger partial charge on any atom is 0.224 e. The van der Waals surface area contributed by atoms with Crippen molar-refractivity contribution < 1.29 is 4.79 Å². The maximum absolute atomic E-state index is 12.3. The standard InChI is InChI=1S/C17H24N2O/c1-11(2)8-14-15(17(14,4)5)16(20)19-10-13-9-12(3)6-7-18-13/h6-9,14-15H,10H2,1-5H3,(H,19,20). The van der Waals surface area contributed by atoms with Crippen molar-refractivity contribution in [3.63, 3.8) is 0 Å². The lowest BCUT2D eigenvalue weighted by atomic mass is 10.1. The second-order valence-corrected chi connectivity index (χ2v) is 6.61. The molecule has 2 atom stereocenters. The number of carbonyl (C=O) groups is 1. The Balaban J connectivity index is 1.95. The van der Waals surface area contributed by atoms with Gasteiger partial charge in [0.1, 0.15) is 0 Å². The first-order chi connectivity index (χ1) is 9.32. The highest BCUT2D eigenvalue weighted by Crippen LogP contribution is 2.59. The molecule has 0 radical (unpaired) electrons. The summed E-state index contributed by atoms with van der Waals surface area (Å²) in [6.45, 7) is 11.0. The van der Waals surface area contributed by atoms with Crippen LogP contribution >= 0.6 is 0 Å². The molecule has 1 aromatic heterocycles. The molecule has 1 amide bonds. The van der Waals surface area contributed by atoms with E-state index in [0.717, 1.165) is 5.69 Å². The number of allylic oxidation sites excluding steroid dienone is 2. The van der Waals surface area contributed by atoms with Crippen molar-refractivity contribution in [3.05, 3.63) is 41.2 Å². The summed E-state index contributed by atoms with van der Waals surface area (Å²) in [7, 11) is 0. The average molecular weight is 272 g/mol. The topological polar surface area (TPSA) is 42.0 Å². The summed E-state index contributed by atoms with van der Waals surface area (Å²) in [6, 6.07) is 3.96. The first kappa shape index (κ1) is 14.8. The summed E-state index contributed by atoms with van der Waals surface area (Å²) >= 11 is 0. The van der Waals surface area contributed by atoms with Gasteiger partial charge in [-0.15, -0.1) is 0 Å². The minimum atomic E-state index is 0.0708. The van der Waals surface area contributed by atoms with Crippen LogP contribution in [0.15, 0.2) is 30.0 Å². The van der Waals surface area contributed by atoms with Gasteiger partial charge in [0, 0.05) is 6.20 Å². The van der Waals surface area contributed by atoms with Crippen LogP contribution in [0.25, 0.3) is 0 Å². The monoisotopic (exact) mass is 272 g/mol. The van der Waals surface area contributed by atoms with E-state index in [0.29, 0.717) is 12.5 Å². The predicted octanol–water partition coefficient (Wildman–Crippen LogP) is 3.24. The van der Waals surface area contributed by atoms with Crippen molar-refractivity contribution in [2.24, 2.45) is 17.3 Å². The van der Waals surface area contributed by atoms with Crippen LogP contribution in [0.2, 0.25) is 0 Å². The Labute approximate surface area is 121 Å². The Morgan fingerprint density at radius 1 is 1.45 bits per heavy atom. The number of nitrogens with one attached hydrogen (secondary N) is 1. The minimum Gasteiger partial charge on any atom is -0.350 e. The molecule has 3 heteroatoms. The van der Waals surface area contributed by atoms with Gasteiger partial charge in [-0.25, -0.2) is 0 Å². The van der Waals surface area contributed by atoms with E-state index in [9.17, 15) is 4.79 Å². The zero-order valence-corrected chi connectivity index (χ0v) is 13.0. The third-order valence-corrected chi connectivity index (χ3v) is 4.12. The third kappa shape index (κ3) is 3.09. The van der Waals surface area contributed by atoms with Gasteiger partial charge in [-0.2, -0.15) is 0 Å². The van der Waals surface area contributed by atoms with E-state index < -0.39 is 0 Å². The van der Waals surface area contributed by atoms with Gasteiger partial charge in [-0.1, -0.05) is 25.5 Å². The molecule has 1 heterocycles. The number of hydrogen-bond acceptors (Lipinski definition) is 2. The fourth-order valence-corrected chi connectivity index (χ4v) is 2.83. The Hall–Kier alpha value is -1.64. The van der Waals surface area contributed by atoms with Crippen LogP contribution in [-0.4, -0.2) is 10.9 Å². The second kappa shape index (κ2) is 5.39. The zero-order chi connectivity index (χ0) is 14.9. The summed E-state index contributed by atoms with van der Waals surface area (Å²) in [5.41, 5.74) is 3.43. The number of aryl methyl sites for hydroxylation is 1. The number of nitrogens with zero attached hydrogens (tertiary/aromatic N) is 1. The molecule has 1 aromatic rings. The fraction of sp³-hybridized carbons (Fsp3) is 0.529. The molecule has 0 bridgehead atoms. The van der Waals surface area contributed by atoms with Crippen LogP contribution in [0.4, 0.5) is 0 Å². The van der Waals surface area contributed by atoms with Gasteiger partial charge in [0.2, 0.25) is 5.91 Å². The van der Waals surface area contributed by atoms with Crippen molar-refractivity contribution in [1.82, 2.24) is 10.3 Å². The molecule has 0 aromatic carbocycles. The molecule has 0 saturated heterocycles. The quantitative estimate of drug-likeness (QED) is 0.855. The Bertz CT molecular complexity index is 542. The predicted molar refractivity (Wildman–Crippen MR) is 81.0 cm³/mol. The van der Waals surface area contributed by atoms with Crippen LogP contribution < -0.4 is 5.32 Å². The van der Waals surface area contributed by atoms with Crippen molar-refractivity contribution >= 4 is 5.91 Å². The number of amides is 1. The van der Waals surface area contributed by atoms with E-state index in [4.69, 9.17) is 0 Å². The first-order valence-corrected chi connectivity index (χ1v) is 7.16. The molecular weight excluding hydrogens is 248 g/mol. The van der Waals surface area contributed by atoms with Gasteiger partial charge in [-0.3, -0.25) is 9.78 Å². The number of aromatic nitrogens is 1. The van der Waals surface area contributed by atoms with Crippen molar-refractivity contribution in [2.45, 2.75) is 41.2 Å². The summed E-state index contributed by atoms with van der Waals surface area (Å²) < 4.78 is 0. The largest absolute Gasteiger partial charge is 0.350 e. The van der Waals surface area contributed by atoms with Crippen molar-refractivity contribution in [2.75, 3.05) is 0 Å². The van der Waals surface area contributed by atoms with Gasteiger partial charge in [0.15, 0.2) is 0 Å². The minimum absolute atomic E-state index is 0.0708. The summed E-state index contributed by atoms with van der Waals surface area (Å²) in [5, 5.41) is 3.02. The van der Waals surface area contributed by atoms with E-state index in [1.54, 1.807) is 6.20 Å². The van der Waals surface area contributed by atoms with E-state index >= 15 is 0 Å². The molecule has 20 heavy (non-hydrogen) atoms. The van der Waals surface area contributed by atoms with Crippen LogP contribution in [0, 0.1) is 24.2 Å². The number of carbonyl (C=O) groups excluding carboxylic acids is 1. The molecule has 2 rings (SSSR count). The molecule has 3 nitrogen and oxygen atoms in total. The molecular formula is C17H24N2O. The molecule has 1 saturated carbocycles. The van der Waals surface area contributed by atoms with Gasteiger partial charge >= 0.3 is 0 Å². The van der Waals surface area contributed by atoms with Crippen molar-refractivity contribution in [3.8, 4) is 0 Å². The Kier molecular flexibility index (Phi) is 3.98. The van der Waals surface area contributed by atoms with Crippen LogP contribution in [0.1, 0.15) is 39.0 Å². The molecule has 0 aliphatic heterocycles.